The van der Waals surface area contributed by atoms with E-state index in [1.807, 2.05) is 0 Å². The van der Waals surface area contributed by atoms with Gasteiger partial charge in [0.2, 0.25) is 0 Å². The van der Waals surface area contributed by atoms with Crippen LogP contribution >= 0.6 is 0 Å². The molecule has 0 aliphatic carbocycles. The van der Waals surface area contributed by atoms with Gasteiger partial charge >= 0.3 is 0 Å². The number of nitrogens with one attached hydrogen (secondary N) is 2. The highest BCUT2D eigenvalue weighted by atomic mass is 15.3. The Hall–Kier alpha value is -1.06. The maximum absolute atomic E-state index is 5.24. The summed E-state index contributed by atoms with van der Waals surface area (Å²) in [5, 5.41) is 3.28. The largest absolute Gasteiger partial charge is 0.371 e. The molecule has 0 aliphatic heterocycles. The van der Waals surface area contributed by atoms with E-state index >= 15 is 0 Å². The monoisotopic (exact) mass is 193 g/mol. The molecule has 1 aromatic rings. The second-order valence-corrected chi connectivity index (χ2v) is 3.69. The van der Waals surface area contributed by atoms with Gasteiger partial charge in [0.05, 0.1) is 6.67 Å². The number of hydrazine groups is 1. The van der Waals surface area contributed by atoms with Crippen LogP contribution in [0.2, 0.25) is 0 Å². The van der Waals surface area contributed by atoms with Crippen molar-refractivity contribution in [3.05, 3.63) is 28.3 Å². The third-order valence-electron chi connectivity index (χ3n) is 2.73. The molecule has 0 radical (unpaired) electrons. The van der Waals surface area contributed by atoms with E-state index in [4.69, 9.17) is 5.84 Å². The Bertz CT molecular complexity index is 306. The summed E-state index contributed by atoms with van der Waals surface area (Å²) in [6.45, 7) is 9.09. The minimum Gasteiger partial charge on any atom is -0.371 e. The molecule has 0 saturated heterocycles. The molecule has 14 heavy (non-hydrogen) atoms. The standard InChI is InChI=1S/C11H19N3/c1-7-5-8(2)10(4)11(9(7)3)13-6-14-12/h5,13-14H,6,12H2,1-4H3. The molecular weight excluding hydrogens is 174 g/mol. The normalized spacial score (nSPS) is 10.4. The van der Waals surface area contributed by atoms with Crippen molar-refractivity contribution in [1.82, 2.24) is 5.43 Å². The summed E-state index contributed by atoms with van der Waals surface area (Å²) in [5.74, 6) is 5.24. The van der Waals surface area contributed by atoms with Crippen molar-refractivity contribution in [2.45, 2.75) is 27.7 Å². The minimum absolute atomic E-state index is 0.588. The molecule has 0 saturated carbocycles. The molecule has 78 valence electrons. The zero-order valence-corrected chi connectivity index (χ0v) is 9.36. The highest BCUT2D eigenvalue weighted by Gasteiger charge is 2.06. The lowest BCUT2D eigenvalue weighted by Gasteiger charge is -2.16. The lowest BCUT2D eigenvalue weighted by atomic mass is 9.99. The average molecular weight is 193 g/mol. The molecule has 1 rings (SSSR count). The van der Waals surface area contributed by atoms with Gasteiger partial charge in [0, 0.05) is 5.69 Å². The van der Waals surface area contributed by atoms with Crippen LogP contribution in [0.4, 0.5) is 5.69 Å². The first-order valence-electron chi connectivity index (χ1n) is 4.82. The highest BCUT2D eigenvalue weighted by molar-refractivity contribution is 5.61. The van der Waals surface area contributed by atoms with Gasteiger partial charge in [-0.3, -0.25) is 5.84 Å². The van der Waals surface area contributed by atoms with Crippen LogP contribution in [0.1, 0.15) is 22.3 Å². The van der Waals surface area contributed by atoms with Gasteiger partial charge in [-0.1, -0.05) is 6.07 Å². The Labute approximate surface area is 85.7 Å². The third kappa shape index (κ3) is 2.05. The fraction of sp³-hybridized carbons (Fsp3) is 0.455. The predicted octanol–water partition coefficient (Wildman–Crippen LogP) is 1.75. The SMILES string of the molecule is Cc1cc(C)c(C)c(NCNN)c1C. The Morgan fingerprint density at radius 2 is 1.57 bits per heavy atom. The molecule has 3 heteroatoms. The lowest BCUT2D eigenvalue weighted by Crippen LogP contribution is -2.28. The molecule has 0 fully saturated rings. The summed E-state index contributed by atoms with van der Waals surface area (Å²) in [7, 11) is 0. The van der Waals surface area contributed by atoms with E-state index in [1.54, 1.807) is 0 Å². The second-order valence-electron chi connectivity index (χ2n) is 3.69. The minimum atomic E-state index is 0.588. The number of hydrogen-bond donors (Lipinski definition) is 3. The first-order chi connectivity index (χ1) is 6.57. The van der Waals surface area contributed by atoms with E-state index < -0.39 is 0 Å². The summed E-state index contributed by atoms with van der Waals surface area (Å²) >= 11 is 0. The Balaban J connectivity index is 3.11. The Kier molecular flexibility index (Phi) is 3.49. The van der Waals surface area contributed by atoms with Crippen molar-refractivity contribution >= 4 is 5.69 Å². The van der Waals surface area contributed by atoms with Gasteiger partial charge in [-0.25, -0.2) is 5.43 Å². The van der Waals surface area contributed by atoms with Gasteiger partial charge in [0.25, 0.3) is 0 Å². The zero-order chi connectivity index (χ0) is 10.7. The number of nitrogens with two attached hydrogens (primary N) is 1. The fourth-order valence-corrected chi connectivity index (χ4v) is 1.62. The van der Waals surface area contributed by atoms with Crippen molar-refractivity contribution in [3.63, 3.8) is 0 Å². The van der Waals surface area contributed by atoms with E-state index in [-0.39, 0.29) is 0 Å². The van der Waals surface area contributed by atoms with E-state index in [1.165, 1.54) is 27.9 Å². The van der Waals surface area contributed by atoms with E-state index in [0.717, 1.165) is 0 Å². The van der Waals surface area contributed by atoms with Crippen LogP contribution in [0.15, 0.2) is 6.07 Å². The van der Waals surface area contributed by atoms with Crippen molar-refractivity contribution < 1.29 is 0 Å². The number of benzene rings is 1. The topological polar surface area (TPSA) is 50.1 Å². The molecule has 0 amide bonds. The molecule has 0 unspecified atom stereocenters. The molecular formula is C11H19N3. The van der Waals surface area contributed by atoms with Crippen molar-refractivity contribution in [1.29, 1.82) is 0 Å². The average Bonchev–Trinajstić information content (AvgIpc) is 2.15. The van der Waals surface area contributed by atoms with Crippen LogP contribution in [-0.2, 0) is 0 Å². The van der Waals surface area contributed by atoms with Gasteiger partial charge in [0.15, 0.2) is 0 Å². The second kappa shape index (κ2) is 4.44. The molecule has 0 aliphatic rings. The van der Waals surface area contributed by atoms with Crippen LogP contribution in [-0.4, -0.2) is 6.67 Å². The third-order valence-corrected chi connectivity index (χ3v) is 2.73. The summed E-state index contributed by atoms with van der Waals surface area (Å²) in [6.07, 6.45) is 0. The summed E-state index contributed by atoms with van der Waals surface area (Å²) in [5.41, 5.74) is 9.01. The smallest absolute Gasteiger partial charge is 0.0781 e. The Morgan fingerprint density at radius 1 is 1.07 bits per heavy atom. The van der Waals surface area contributed by atoms with Crippen LogP contribution in [0.25, 0.3) is 0 Å². The number of aryl methyl sites for hydroxylation is 2. The first kappa shape index (κ1) is 11.0. The zero-order valence-electron chi connectivity index (χ0n) is 9.36. The van der Waals surface area contributed by atoms with E-state index in [0.29, 0.717) is 6.67 Å². The maximum Gasteiger partial charge on any atom is 0.0781 e. The van der Waals surface area contributed by atoms with Crippen molar-refractivity contribution in [2.75, 3.05) is 12.0 Å². The van der Waals surface area contributed by atoms with Gasteiger partial charge in [0.1, 0.15) is 0 Å². The summed E-state index contributed by atoms with van der Waals surface area (Å²) < 4.78 is 0. The van der Waals surface area contributed by atoms with Crippen LogP contribution in [0.5, 0.6) is 0 Å². The summed E-state index contributed by atoms with van der Waals surface area (Å²) in [4.78, 5) is 0. The predicted molar refractivity (Wildman–Crippen MR) is 61.2 cm³/mol. The van der Waals surface area contributed by atoms with Crippen molar-refractivity contribution in [2.24, 2.45) is 5.84 Å². The van der Waals surface area contributed by atoms with E-state index in [2.05, 4.69) is 44.5 Å². The summed E-state index contributed by atoms with van der Waals surface area (Å²) in [6, 6.07) is 2.21. The molecule has 3 nitrogen and oxygen atoms in total. The quantitative estimate of drug-likeness (QED) is 0.389. The van der Waals surface area contributed by atoms with Crippen LogP contribution in [0, 0.1) is 27.7 Å². The first-order valence-corrected chi connectivity index (χ1v) is 4.82. The lowest BCUT2D eigenvalue weighted by molar-refractivity contribution is 0.788. The van der Waals surface area contributed by atoms with Crippen LogP contribution in [0.3, 0.4) is 0 Å². The van der Waals surface area contributed by atoms with Crippen LogP contribution < -0.4 is 16.6 Å². The fourth-order valence-electron chi connectivity index (χ4n) is 1.62. The number of rotatable bonds is 3. The van der Waals surface area contributed by atoms with Gasteiger partial charge in [-0.2, -0.15) is 0 Å². The molecule has 1 aromatic carbocycles. The van der Waals surface area contributed by atoms with Crippen molar-refractivity contribution in [3.8, 4) is 0 Å². The number of anilines is 1. The molecule has 0 atom stereocenters. The Morgan fingerprint density at radius 3 is 2.00 bits per heavy atom. The molecule has 0 spiro atoms. The number of hydrogen-bond acceptors (Lipinski definition) is 3. The molecule has 4 N–H and O–H groups in total. The van der Waals surface area contributed by atoms with Gasteiger partial charge in [-0.15, -0.1) is 0 Å². The molecule has 0 heterocycles. The highest BCUT2D eigenvalue weighted by Crippen LogP contribution is 2.25. The van der Waals surface area contributed by atoms with Gasteiger partial charge in [-0.05, 0) is 49.9 Å². The van der Waals surface area contributed by atoms with E-state index in [9.17, 15) is 0 Å². The van der Waals surface area contributed by atoms with Gasteiger partial charge < -0.3 is 5.32 Å². The maximum atomic E-state index is 5.24. The molecule has 0 bridgehead atoms. The molecule has 0 aromatic heterocycles.